The van der Waals surface area contributed by atoms with Crippen LogP contribution < -0.4 is 5.73 Å². The highest BCUT2D eigenvalue weighted by molar-refractivity contribution is 7.99. The predicted octanol–water partition coefficient (Wildman–Crippen LogP) is 1.33. The molecule has 58 valence electrons. The molecule has 2 rings (SSSR count). The van der Waals surface area contributed by atoms with Crippen molar-refractivity contribution in [3.63, 3.8) is 0 Å². The molecule has 2 aliphatic rings. The first-order valence-electron chi connectivity index (χ1n) is 4.14. The van der Waals surface area contributed by atoms with Crippen LogP contribution in [-0.2, 0) is 0 Å². The van der Waals surface area contributed by atoms with Crippen molar-refractivity contribution < 1.29 is 0 Å². The van der Waals surface area contributed by atoms with Crippen molar-refractivity contribution in [2.75, 3.05) is 11.5 Å². The smallest absolute Gasteiger partial charge is 0.00445 e. The third-order valence-electron chi connectivity index (χ3n) is 2.91. The van der Waals surface area contributed by atoms with Crippen LogP contribution >= 0.6 is 11.8 Å². The molecule has 2 fully saturated rings. The molecule has 1 aliphatic carbocycles. The molecule has 0 bridgehead atoms. The normalized spacial score (nSPS) is 48.0. The summed E-state index contributed by atoms with van der Waals surface area (Å²) in [4.78, 5) is 0. The molecule has 1 saturated carbocycles. The van der Waals surface area contributed by atoms with E-state index in [0.29, 0.717) is 6.04 Å². The summed E-state index contributed by atoms with van der Waals surface area (Å²) in [5.41, 5.74) is 5.85. The zero-order valence-corrected chi connectivity index (χ0v) is 7.23. The maximum atomic E-state index is 5.85. The summed E-state index contributed by atoms with van der Waals surface area (Å²) in [7, 11) is 0. The number of rotatable bonds is 1. The van der Waals surface area contributed by atoms with E-state index < -0.39 is 0 Å². The summed E-state index contributed by atoms with van der Waals surface area (Å²) in [5.74, 6) is 5.66. The number of hydrogen-bond acceptors (Lipinski definition) is 2. The third kappa shape index (κ3) is 0.978. The molecule has 0 radical (unpaired) electrons. The predicted molar refractivity (Wildman–Crippen MR) is 46.1 cm³/mol. The molecule has 1 nitrogen and oxygen atoms in total. The molecule has 0 amide bonds. The Morgan fingerprint density at radius 2 is 2.30 bits per heavy atom. The third-order valence-corrected chi connectivity index (χ3v) is 4.06. The second kappa shape index (κ2) is 2.42. The van der Waals surface area contributed by atoms with Gasteiger partial charge in [-0.2, -0.15) is 11.8 Å². The molecule has 4 atom stereocenters. The van der Waals surface area contributed by atoms with Gasteiger partial charge >= 0.3 is 0 Å². The number of hydrogen-bond donors (Lipinski definition) is 1. The van der Waals surface area contributed by atoms with E-state index in [2.05, 4.69) is 18.7 Å². The maximum absolute atomic E-state index is 5.85. The summed E-state index contributed by atoms with van der Waals surface area (Å²) in [6, 6.07) is 0.452. The van der Waals surface area contributed by atoms with Crippen molar-refractivity contribution in [3.8, 4) is 0 Å². The zero-order valence-electron chi connectivity index (χ0n) is 6.42. The summed E-state index contributed by atoms with van der Waals surface area (Å²) in [5, 5.41) is 0. The van der Waals surface area contributed by atoms with Crippen LogP contribution in [0, 0.1) is 17.8 Å². The fourth-order valence-electron chi connectivity index (χ4n) is 2.33. The number of thioether (sulfide) groups is 1. The topological polar surface area (TPSA) is 26.0 Å². The van der Waals surface area contributed by atoms with E-state index in [0.717, 1.165) is 17.8 Å². The van der Waals surface area contributed by atoms with E-state index in [4.69, 9.17) is 5.73 Å². The highest BCUT2D eigenvalue weighted by Crippen LogP contribution is 2.54. The molecule has 1 aliphatic heterocycles. The fraction of sp³-hybridized carbons (Fsp3) is 1.00. The monoisotopic (exact) mass is 157 g/mol. The minimum absolute atomic E-state index is 0.452. The Morgan fingerprint density at radius 1 is 1.50 bits per heavy atom. The van der Waals surface area contributed by atoms with Gasteiger partial charge in [0.1, 0.15) is 0 Å². The summed E-state index contributed by atoms with van der Waals surface area (Å²) >= 11 is 2.11. The highest BCUT2D eigenvalue weighted by atomic mass is 32.2. The molecular weight excluding hydrogens is 142 g/mol. The van der Waals surface area contributed by atoms with Gasteiger partial charge in [-0.05, 0) is 42.6 Å². The van der Waals surface area contributed by atoms with E-state index >= 15 is 0 Å². The molecule has 2 N–H and O–H groups in total. The molecular formula is C8H15NS. The zero-order chi connectivity index (χ0) is 7.14. The first-order chi connectivity index (χ1) is 4.80. The van der Waals surface area contributed by atoms with Crippen molar-refractivity contribution in [3.05, 3.63) is 0 Å². The number of fused-ring (bicyclic) bond motifs is 1. The van der Waals surface area contributed by atoms with Gasteiger partial charge in [-0.3, -0.25) is 0 Å². The lowest BCUT2D eigenvalue weighted by atomic mass is 10.1. The van der Waals surface area contributed by atoms with E-state index in [-0.39, 0.29) is 0 Å². The van der Waals surface area contributed by atoms with E-state index in [1.165, 1.54) is 17.9 Å². The Hall–Kier alpha value is 0.310. The van der Waals surface area contributed by atoms with Gasteiger partial charge in [0, 0.05) is 6.04 Å². The van der Waals surface area contributed by atoms with Crippen molar-refractivity contribution in [2.24, 2.45) is 23.5 Å². The molecule has 0 aromatic heterocycles. The van der Waals surface area contributed by atoms with Gasteiger partial charge < -0.3 is 5.73 Å². The van der Waals surface area contributed by atoms with Crippen molar-refractivity contribution in [1.29, 1.82) is 0 Å². The van der Waals surface area contributed by atoms with E-state index in [9.17, 15) is 0 Å². The van der Waals surface area contributed by atoms with Gasteiger partial charge in [0.05, 0.1) is 0 Å². The minimum Gasteiger partial charge on any atom is -0.328 e. The van der Waals surface area contributed by atoms with Gasteiger partial charge in [-0.1, -0.05) is 0 Å². The van der Waals surface area contributed by atoms with Gasteiger partial charge in [-0.25, -0.2) is 0 Å². The fourth-order valence-corrected chi connectivity index (χ4v) is 3.68. The van der Waals surface area contributed by atoms with Crippen LogP contribution in [0.1, 0.15) is 13.3 Å². The Bertz CT molecular complexity index is 123. The van der Waals surface area contributed by atoms with Gasteiger partial charge in [0.2, 0.25) is 0 Å². The van der Waals surface area contributed by atoms with Crippen molar-refractivity contribution in [1.82, 2.24) is 0 Å². The summed E-state index contributed by atoms with van der Waals surface area (Å²) in [6.07, 6.45) is 1.43. The van der Waals surface area contributed by atoms with Gasteiger partial charge in [0.15, 0.2) is 0 Å². The Kier molecular flexibility index (Phi) is 1.69. The lowest BCUT2D eigenvalue weighted by Gasteiger charge is -2.05. The van der Waals surface area contributed by atoms with E-state index in [1.54, 1.807) is 0 Å². The SMILES string of the molecule is CC(N)C1C2CCSCC21. The van der Waals surface area contributed by atoms with Crippen LogP contribution in [-0.4, -0.2) is 17.5 Å². The second-order valence-corrected chi connectivity index (χ2v) is 4.78. The Balaban J connectivity index is 1.93. The van der Waals surface area contributed by atoms with Crippen LogP contribution in [0.15, 0.2) is 0 Å². The lowest BCUT2D eigenvalue weighted by molar-refractivity contribution is 0.579. The van der Waals surface area contributed by atoms with Crippen LogP contribution in [0.4, 0.5) is 0 Å². The molecule has 1 heterocycles. The maximum Gasteiger partial charge on any atom is 0.00445 e. The second-order valence-electron chi connectivity index (χ2n) is 3.63. The Morgan fingerprint density at radius 3 is 2.80 bits per heavy atom. The van der Waals surface area contributed by atoms with Crippen LogP contribution in [0.2, 0.25) is 0 Å². The summed E-state index contributed by atoms with van der Waals surface area (Å²) in [6.45, 7) is 2.16. The molecule has 1 saturated heterocycles. The standard InChI is InChI=1S/C8H15NS/c1-5(9)8-6-2-3-10-4-7(6)8/h5-8H,2-4,9H2,1H3. The summed E-state index contributed by atoms with van der Waals surface area (Å²) < 4.78 is 0. The molecule has 4 unspecified atom stereocenters. The van der Waals surface area contributed by atoms with Crippen LogP contribution in [0.3, 0.4) is 0 Å². The quantitative estimate of drug-likeness (QED) is 0.621. The lowest BCUT2D eigenvalue weighted by Crippen LogP contribution is -2.19. The number of nitrogens with two attached hydrogens (primary N) is 1. The van der Waals surface area contributed by atoms with Crippen LogP contribution in [0.5, 0.6) is 0 Å². The van der Waals surface area contributed by atoms with Crippen LogP contribution in [0.25, 0.3) is 0 Å². The molecule has 2 heteroatoms. The largest absolute Gasteiger partial charge is 0.328 e. The Labute approximate surface area is 66.7 Å². The average Bonchev–Trinajstić information content (AvgIpc) is 2.60. The van der Waals surface area contributed by atoms with Gasteiger partial charge in [-0.15, -0.1) is 0 Å². The molecule has 0 spiro atoms. The molecule has 0 aromatic carbocycles. The highest BCUT2D eigenvalue weighted by Gasteiger charge is 2.52. The minimum atomic E-state index is 0.452. The first-order valence-corrected chi connectivity index (χ1v) is 5.29. The average molecular weight is 157 g/mol. The first kappa shape index (κ1) is 6.99. The van der Waals surface area contributed by atoms with Gasteiger partial charge in [0.25, 0.3) is 0 Å². The van der Waals surface area contributed by atoms with E-state index in [1.807, 2.05) is 0 Å². The van der Waals surface area contributed by atoms with Crippen molar-refractivity contribution in [2.45, 2.75) is 19.4 Å². The molecule has 10 heavy (non-hydrogen) atoms. The molecule has 0 aromatic rings. The van der Waals surface area contributed by atoms with Crippen molar-refractivity contribution >= 4 is 11.8 Å².